The van der Waals surface area contributed by atoms with Crippen molar-refractivity contribution in [1.82, 2.24) is 4.98 Å². The van der Waals surface area contributed by atoms with E-state index in [9.17, 15) is 28.8 Å². The van der Waals surface area contributed by atoms with Crippen LogP contribution in [0, 0.1) is 23.7 Å². The van der Waals surface area contributed by atoms with Gasteiger partial charge in [-0.2, -0.15) is 5.10 Å². The molecule has 0 amide bonds. The van der Waals surface area contributed by atoms with Crippen LogP contribution in [0.2, 0.25) is 0 Å². The Bertz CT molecular complexity index is 2930. The fourth-order valence-corrected chi connectivity index (χ4v) is 10.8. The number of unbranched alkanes of at least 4 members (excludes halogenated alkanes) is 9. The highest BCUT2D eigenvalue weighted by Crippen LogP contribution is 2.36. The Labute approximate surface area is 496 Å². The lowest BCUT2D eigenvalue weighted by atomic mass is 9.82. The molecule has 0 radical (unpaired) electrons. The Hall–Kier alpha value is -7.86. The van der Waals surface area contributed by atoms with Crippen molar-refractivity contribution in [3.8, 4) is 34.5 Å². The molecule has 2 saturated carbocycles. The summed E-state index contributed by atoms with van der Waals surface area (Å²) in [5.41, 5.74) is 1.29. The van der Waals surface area contributed by atoms with E-state index in [0.717, 1.165) is 105 Å². The first kappa shape index (κ1) is 63.7. The maximum absolute atomic E-state index is 14.0. The van der Waals surface area contributed by atoms with Gasteiger partial charge in [0.1, 0.15) is 34.5 Å². The largest absolute Gasteiger partial charge is 0.494 e. The molecular formula is C66H79N3O14S. The topological polar surface area (TPSA) is 205 Å². The lowest BCUT2D eigenvalue weighted by Crippen LogP contribution is -2.30. The molecule has 4 aromatic carbocycles. The molecule has 2 aliphatic rings. The summed E-state index contributed by atoms with van der Waals surface area (Å²) in [4.78, 5) is 81.5. The number of nitrogens with zero attached hydrogens (tertiary/aromatic N) is 3. The Morgan fingerprint density at radius 1 is 0.524 bits per heavy atom. The molecule has 0 spiro atoms. The van der Waals surface area contributed by atoms with E-state index in [0.29, 0.717) is 113 Å². The molecule has 2 fully saturated rings. The quantitative estimate of drug-likeness (QED) is 0.00938. The van der Waals surface area contributed by atoms with Crippen molar-refractivity contribution in [2.45, 2.75) is 135 Å². The number of carbonyl (C=O) groups excluding carboxylic acids is 6. The number of carbonyl (C=O) groups is 6. The number of anilines is 1. The van der Waals surface area contributed by atoms with Gasteiger partial charge in [-0.05, 0) is 188 Å². The van der Waals surface area contributed by atoms with Gasteiger partial charge in [0.25, 0.3) is 0 Å². The first-order chi connectivity index (χ1) is 41.0. The third-order valence-electron chi connectivity index (χ3n) is 14.8. The van der Waals surface area contributed by atoms with Crippen molar-refractivity contribution >= 4 is 68.7 Å². The third-order valence-corrected chi connectivity index (χ3v) is 15.8. The number of esters is 6. The van der Waals surface area contributed by atoms with E-state index in [1.807, 2.05) is 29.3 Å². The van der Waals surface area contributed by atoms with Crippen molar-refractivity contribution in [1.29, 1.82) is 0 Å². The van der Waals surface area contributed by atoms with E-state index in [1.165, 1.54) is 11.3 Å². The molecule has 7 rings (SSSR count). The molecule has 1 heterocycles. The fraction of sp³-hybridized carbons (Fsp3) is 0.455. The molecule has 5 aromatic rings. The molecule has 0 saturated heterocycles. The van der Waals surface area contributed by atoms with Gasteiger partial charge < -0.3 is 37.9 Å². The number of ether oxygens (including phenoxy) is 8. The molecule has 17 nitrogen and oxygen atoms in total. The molecule has 84 heavy (non-hydrogen) atoms. The van der Waals surface area contributed by atoms with Gasteiger partial charge >= 0.3 is 35.8 Å². The Balaban J connectivity index is 0.911. The molecule has 1 aromatic heterocycles. The number of fused-ring (bicyclic) bond motifs is 1. The van der Waals surface area contributed by atoms with Gasteiger partial charge in [-0.15, -0.1) is 0 Å². The number of hydrazone groups is 1. The van der Waals surface area contributed by atoms with E-state index in [-0.39, 0.29) is 35.3 Å². The number of aromatic nitrogens is 1. The minimum Gasteiger partial charge on any atom is -0.494 e. The second-order valence-corrected chi connectivity index (χ2v) is 22.1. The van der Waals surface area contributed by atoms with Gasteiger partial charge in [0.2, 0.25) is 5.13 Å². The second kappa shape index (κ2) is 34.7. The van der Waals surface area contributed by atoms with Crippen LogP contribution in [0.3, 0.4) is 0 Å². The number of hydrogen-bond donors (Lipinski definition) is 0. The van der Waals surface area contributed by atoms with Crippen molar-refractivity contribution < 1.29 is 66.7 Å². The number of thiazole rings is 1. The molecule has 0 N–H and O–H groups in total. The van der Waals surface area contributed by atoms with E-state index in [2.05, 4.69) is 20.1 Å². The van der Waals surface area contributed by atoms with Gasteiger partial charge in [0, 0.05) is 24.3 Å². The van der Waals surface area contributed by atoms with E-state index in [4.69, 9.17) is 48.0 Å². The molecule has 0 aliphatic heterocycles. The zero-order valence-electron chi connectivity index (χ0n) is 48.3. The molecule has 0 bridgehead atoms. The van der Waals surface area contributed by atoms with Gasteiger partial charge in [-0.25, -0.2) is 19.6 Å². The lowest BCUT2D eigenvalue weighted by molar-refractivity contribution is -0.145. The third kappa shape index (κ3) is 21.1. The second-order valence-electron chi connectivity index (χ2n) is 21.1. The molecule has 0 unspecified atom stereocenters. The first-order valence-electron chi connectivity index (χ1n) is 29.7. The summed E-state index contributed by atoms with van der Waals surface area (Å²) < 4.78 is 46.4. The van der Waals surface area contributed by atoms with Crippen molar-refractivity contribution in [2.75, 3.05) is 38.0 Å². The first-order valence-corrected chi connectivity index (χ1v) is 30.5. The summed E-state index contributed by atoms with van der Waals surface area (Å²) in [5, 5.41) is 7.51. The van der Waals surface area contributed by atoms with Crippen LogP contribution in [0.4, 0.5) is 5.13 Å². The summed E-state index contributed by atoms with van der Waals surface area (Å²) >= 11 is 1.54. The Morgan fingerprint density at radius 3 is 1.43 bits per heavy atom. The van der Waals surface area contributed by atoms with Crippen LogP contribution in [-0.2, 0) is 38.2 Å². The zero-order valence-corrected chi connectivity index (χ0v) is 49.1. The summed E-state index contributed by atoms with van der Waals surface area (Å²) in [7, 11) is 0. The molecular weight excluding hydrogens is 1090 g/mol. The van der Waals surface area contributed by atoms with Crippen molar-refractivity contribution in [3.63, 3.8) is 0 Å². The van der Waals surface area contributed by atoms with Gasteiger partial charge in [-0.3, -0.25) is 19.2 Å². The van der Waals surface area contributed by atoms with Gasteiger partial charge in [0.15, 0.2) is 0 Å². The van der Waals surface area contributed by atoms with Crippen LogP contribution in [0.5, 0.6) is 34.5 Å². The SMILES string of the molecule is C=CC(=O)OCCCCCCOc1ccc(OC(=O)[C@H]2CC[C@H](C(=O)Oc3ccc(OC(=O)[C@H]4CC[C@H](C(=O)Oc5ccc(OCCCCCCOC(=O)C=C)cc5)CC4)c(/C=N/N(CCCCCC)c4nc5ccccc5s4)c3)CC2)cc1. The van der Waals surface area contributed by atoms with E-state index < -0.39 is 35.7 Å². The van der Waals surface area contributed by atoms with Crippen LogP contribution in [-0.4, -0.2) is 80.0 Å². The van der Waals surface area contributed by atoms with E-state index in [1.54, 1.807) is 72.9 Å². The molecule has 0 atom stereocenters. The monoisotopic (exact) mass is 1170 g/mol. The summed E-state index contributed by atoms with van der Waals surface area (Å²) in [6, 6.07) is 26.7. The van der Waals surface area contributed by atoms with Crippen LogP contribution in [0.15, 0.2) is 121 Å². The smallest absolute Gasteiger partial charge is 0.330 e. The predicted molar refractivity (Wildman–Crippen MR) is 322 cm³/mol. The summed E-state index contributed by atoms with van der Waals surface area (Å²) in [6.45, 7) is 11.4. The minimum absolute atomic E-state index is 0.242. The Kier molecular flexibility index (Phi) is 26.3. The van der Waals surface area contributed by atoms with Gasteiger partial charge in [-0.1, -0.05) is 62.8 Å². The maximum atomic E-state index is 14.0. The predicted octanol–water partition coefficient (Wildman–Crippen LogP) is 13.7. The van der Waals surface area contributed by atoms with E-state index >= 15 is 0 Å². The van der Waals surface area contributed by atoms with Crippen LogP contribution < -0.4 is 33.4 Å². The van der Waals surface area contributed by atoms with Crippen LogP contribution >= 0.6 is 11.3 Å². The van der Waals surface area contributed by atoms with Crippen LogP contribution in [0.25, 0.3) is 10.2 Å². The zero-order chi connectivity index (χ0) is 59.3. The highest BCUT2D eigenvalue weighted by atomic mass is 32.1. The number of rotatable bonds is 34. The van der Waals surface area contributed by atoms with Crippen molar-refractivity contribution in [3.05, 3.63) is 122 Å². The normalized spacial score (nSPS) is 16.7. The van der Waals surface area contributed by atoms with Crippen molar-refractivity contribution in [2.24, 2.45) is 28.8 Å². The molecule has 448 valence electrons. The number of hydrogen-bond acceptors (Lipinski definition) is 18. The summed E-state index contributed by atoms with van der Waals surface area (Å²) in [5.74, 6) is -1.40. The molecule has 18 heteroatoms. The molecule has 2 aliphatic carbocycles. The average Bonchev–Trinajstić information content (AvgIpc) is 4.13. The van der Waals surface area contributed by atoms with Gasteiger partial charge in [0.05, 0.1) is 66.5 Å². The minimum atomic E-state index is -0.463. The number of benzene rings is 4. The Morgan fingerprint density at radius 2 is 0.952 bits per heavy atom. The highest BCUT2D eigenvalue weighted by molar-refractivity contribution is 7.22. The number of para-hydroxylation sites is 1. The average molecular weight is 1170 g/mol. The summed E-state index contributed by atoms with van der Waals surface area (Å²) in [6.07, 6.45) is 18.5. The fourth-order valence-electron chi connectivity index (χ4n) is 9.86. The maximum Gasteiger partial charge on any atom is 0.330 e. The van der Waals surface area contributed by atoms with Crippen LogP contribution in [0.1, 0.15) is 141 Å². The standard InChI is InChI=1S/C66H79N3O14S/c1-4-7-8-15-40-69(66-68-57-20-13-14-21-59(57)84-66)67-46-51-45-56(82-64(74)49-24-22-47(23-25-49)62(72)80-54-34-30-52(31-35-54)76-41-16-9-11-18-43-78-60(70)5-2)38-39-58(51)83-65(75)50-28-26-48(27-29-50)63(73)81-55-36-32-53(33-37-55)77-42-17-10-12-19-44-79-61(71)6-3/h5-6,13-14,20-21,30-39,45-50H,2-4,7-12,15-19,22-29,40-44H2,1H3/b67-46+/t47-,48-,49-,50-. The lowest BCUT2D eigenvalue weighted by Gasteiger charge is -2.26. The highest BCUT2D eigenvalue weighted by Gasteiger charge is 2.34.